The molecule has 1 heterocycles. The number of halogens is 1. The average Bonchev–Trinajstić information content (AvgIpc) is 2.17. The largest absolute Gasteiger partial charge is 0.265 e. The highest BCUT2D eigenvalue weighted by atomic mass is 79.9. The van der Waals surface area contributed by atoms with Crippen LogP contribution < -0.4 is 0 Å². The van der Waals surface area contributed by atoms with Crippen LogP contribution >= 0.6 is 15.9 Å². The Kier molecular flexibility index (Phi) is 3.73. The van der Waals surface area contributed by atoms with Gasteiger partial charge in [0.05, 0.1) is 0 Å². The summed E-state index contributed by atoms with van der Waals surface area (Å²) in [7, 11) is 0. The van der Waals surface area contributed by atoms with E-state index >= 15 is 0 Å². The maximum absolute atomic E-state index is 4.00. The minimum absolute atomic E-state index is 0.568. The second kappa shape index (κ2) is 4.61. The minimum Gasteiger partial charge on any atom is -0.265 e. The Morgan fingerprint density at radius 1 is 1.42 bits per heavy atom. The fraction of sp³-hybridized carbons (Fsp3) is 0.500. The number of rotatable bonds is 3. The summed E-state index contributed by atoms with van der Waals surface area (Å²) in [6, 6.07) is 4.16. The van der Waals surface area contributed by atoms with Crippen LogP contribution in [-0.4, -0.2) is 9.81 Å². The lowest BCUT2D eigenvalue weighted by Gasteiger charge is -2.16. The Bertz CT molecular complexity index is 223. The average molecular weight is 228 g/mol. The van der Waals surface area contributed by atoms with Gasteiger partial charge in [0.15, 0.2) is 0 Å². The van der Waals surface area contributed by atoms with Gasteiger partial charge in [-0.15, -0.1) is 0 Å². The Morgan fingerprint density at radius 3 is 2.50 bits per heavy atom. The molecule has 0 saturated heterocycles. The van der Waals surface area contributed by atoms with Crippen LogP contribution in [0, 0.1) is 0 Å². The second-order valence-electron chi connectivity index (χ2n) is 2.99. The fourth-order valence-electron chi connectivity index (χ4n) is 1.23. The maximum atomic E-state index is 4.00. The highest BCUT2D eigenvalue weighted by molar-refractivity contribution is 9.09. The quantitative estimate of drug-likeness (QED) is 0.723. The Hall–Kier alpha value is -0.370. The van der Waals surface area contributed by atoms with Crippen LogP contribution in [0.15, 0.2) is 24.5 Å². The van der Waals surface area contributed by atoms with Crippen LogP contribution in [0.4, 0.5) is 0 Å². The van der Waals surface area contributed by atoms with Crippen molar-refractivity contribution in [3.63, 3.8) is 0 Å². The lowest BCUT2D eigenvalue weighted by Crippen LogP contribution is -2.07. The molecule has 1 rings (SSSR count). The zero-order chi connectivity index (χ0) is 8.97. The van der Waals surface area contributed by atoms with Crippen molar-refractivity contribution < 1.29 is 0 Å². The molecule has 66 valence electrons. The van der Waals surface area contributed by atoms with Crippen LogP contribution in [0.2, 0.25) is 0 Å². The number of aromatic nitrogens is 1. The van der Waals surface area contributed by atoms with Gasteiger partial charge in [0.25, 0.3) is 0 Å². The first-order valence-corrected chi connectivity index (χ1v) is 5.21. The van der Waals surface area contributed by atoms with E-state index in [1.807, 2.05) is 12.4 Å². The molecule has 0 N–H and O–H groups in total. The van der Waals surface area contributed by atoms with Crippen LogP contribution in [0.25, 0.3) is 0 Å². The smallest absolute Gasteiger partial charge is 0.0270 e. The standard InChI is InChI=1S/C10H14BrN/c1-3-10(11)8(2)9-4-6-12-7-5-9/h4-8,10H,3H2,1-2H3. The van der Waals surface area contributed by atoms with Crippen molar-refractivity contribution in [1.82, 2.24) is 4.98 Å². The molecule has 2 atom stereocenters. The number of pyridine rings is 1. The van der Waals surface area contributed by atoms with Gasteiger partial charge in [-0.2, -0.15) is 0 Å². The van der Waals surface area contributed by atoms with Gasteiger partial charge >= 0.3 is 0 Å². The first kappa shape index (κ1) is 9.72. The summed E-state index contributed by atoms with van der Waals surface area (Å²) in [5.74, 6) is 0.568. The molecule has 1 aromatic heterocycles. The molecule has 0 aromatic carbocycles. The predicted molar refractivity (Wildman–Crippen MR) is 55.7 cm³/mol. The third kappa shape index (κ3) is 2.31. The van der Waals surface area contributed by atoms with Gasteiger partial charge in [0.1, 0.15) is 0 Å². The van der Waals surface area contributed by atoms with Gasteiger partial charge in [-0.25, -0.2) is 0 Å². The van der Waals surface area contributed by atoms with Crippen molar-refractivity contribution in [2.75, 3.05) is 0 Å². The molecule has 2 heteroatoms. The number of hydrogen-bond donors (Lipinski definition) is 0. The monoisotopic (exact) mass is 227 g/mol. The van der Waals surface area contributed by atoms with E-state index in [-0.39, 0.29) is 0 Å². The van der Waals surface area contributed by atoms with Crippen molar-refractivity contribution in [2.45, 2.75) is 31.0 Å². The van der Waals surface area contributed by atoms with Crippen LogP contribution in [0.5, 0.6) is 0 Å². The van der Waals surface area contributed by atoms with E-state index in [9.17, 15) is 0 Å². The third-order valence-electron chi connectivity index (χ3n) is 2.16. The topological polar surface area (TPSA) is 12.9 Å². The summed E-state index contributed by atoms with van der Waals surface area (Å²) >= 11 is 3.66. The third-order valence-corrected chi connectivity index (χ3v) is 3.60. The summed E-state index contributed by atoms with van der Waals surface area (Å²) in [6.07, 6.45) is 4.85. The molecule has 0 fully saturated rings. The van der Waals surface area contributed by atoms with Crippen molar-refractivity contribution >= 4 is 15.9 Å². The van der Waals surface area contributed by atoms with Crippen molar-refractivity contribution in [3.8, 4) is 0 Å². The van der Waals surface area contributed by atoms with Crippen molar-refractivity contribution in [3.05, 3.63) is 30.1 Å². The maximum Gasteiger partial charge on any atom is 0.0270 e. The first-order chi connectivity index (χ1) is 5.75. The lowest BCUT2D eigenvalue weighted by atomic mass is 9.98. The molecule has 12 heavy (non-hydrogen) atoms. The Balaban J connectivity index is 2.71. The van der Waals surface area contributed by atoms with Crippen LogP contribution in [0.1, 0.15) is 31.7 Å². The molecule has 0 bridgehead atoms. The van der Waals surface area contributed by atoms with Gasteiger partial charge in [-0.3, -0.25) is 4.98 Å². The van der Waals surface area contributed by atoms with Gasteiger partial charge in [0.2, 0.25) is 0 Å². The summed E-state index contributed by atoms with van der Waals surface area (Å²) in [5.41, 5.74) is 1.36. The fourth-order valence-corrected chi connectivity index (χ4v) is 1.53. The molecule has 0 amide bonds. The normalized spacial score (nSPS) is 15.6. The Morgan fingerprint density at radius 2 is 2.00 bits per heavy atom. The van der Waals surface area contributed by atoms with Crippen molar-refractivity contribution in [2.24, 2.45) is 0 Å². The Labute approximate surface area is 82.3 Å². The van der Waals surface area contributed by atoms with E-state index in [0.29, 0.717) is 10.7 Å². The van der Waals surface area contributed by atoms with E-state index in [4.69, 9.17) is 0 Å². The predicted octanol–water partition coefficient (Wildman–Crippen LogP) is 3.36. The van der Waals surface area contributed by atoms with E-state index in [1.54, 1.807) is 0 Å². The first-order valence-electron chi connectivity index (χ1n) is 4.29. The van der Waals surface area contributed by atoms with E-state index in [2.05, 4.69) is 46.9 Å². The summed E-state index contributed by atoms with van der Waals surface area (Å²) in [5, 5.41) is 0. The van der Waals surface area contributed by atoms with E-state index < -0.39 is 0 Å². The number of nitrogens with zero attached hydrogens (tertiary/aromatic N) is 1. The molecule has 0 aliphatic heterocycles. The zero-order valence-corrected chi connectivity index (χ0v) is 9.08. The summed E-state index contributed by atoms with van der Waals surface area (Å²) in [4.78, 5) is 4.57. The molecule has 0 aliphatic carbocycles. The molecule has 0 radical (unpaired) electrons. The molecule has 2 unspecified atom stereocenters. The minimum atomic E-state index is 0.568. The molecular formula is C10H14BrN. The van der Waals surface area contributed by atoms with Gasteiger partial charge < -0.3 is 0 Å². The number of alkyl halides is 1. The summed E-state index contributed by atoms with van der Waals surface area (Å²) in [6.45, 7) is 4.43. The highest BCUT2D eigenvalue weighted by Crippen LogP contribution is 2.25. The molecule has 1 aromatic rings. The molecule has 0 saturated carbocycles. The van der Waals surface area contributed by atoms with E-state index in [1.165, 1.54) is 5.56 Å². The van der Waals surface area contributed by atoms with E-state index in [0.717, 1.165) is 6.42 Å². The van der Waals surface area contributed by atoms with Crippen LogP contribution in [0.3, 0.4) is 0 Å². The second-order valence-corrected chi connectivity index (χ2v) is 4.17. The molecule has 0 aliphatic rings. The van der Waals surface area contributed by atoms with Crippen molar-refractivity contribution in [1.29, 1.82) is 0 Å². The lowest BCUT2D eigenvalue weighted by molar-refractivity contribution is 0.693. The number of hydrogen-bond acceptors (Lipinski definition) is 1. The van der Waals surface area contributed by atoms with Crippen LogP contribution in [-0.2, 0) is 0 Å². The van der Waals surface area contributed by atoms with Gasteiger partial charge in [-0.05, 0) is 30.0 Å². The SMILES string of the molecule is CCC(Br)C(C)c1ccncc1. The van der Waals surface area contributed by atoms with Gasteiger partial charge in [0, 0.05) is 17.2 Å². The highest BCUT2D eigenvalue weighted by Gasteiger charge is 2.12. The summed E-state index contributed by atoms with van der Waals surface area (Å²) < 4.78 is 0. The molecule has 0 spiro atoms. The van der Waals surface area contributed by atoms with Gasteiger partial charge in [-0.1, -0.05) is 29.8 Å². The zero-order valence-electron chi connectivity index (χ0n) is 7.50. The molecular weight excluding hydrogens is 214 g/mol. The molecule has 1 nitrogen and oxygen atoms in total.